The number of nitrogens with zero attached hydrogens (tertiary/aromatic N) is 1. The highest BCUT2D eigenvalue weighted by Gasteiger charge is 2.31. The molecule has 0 spiro atoms. The van der Waals surface area contributed by atoms with Gasteiger partial charge in [-0.15, -0.1) is 0 Å². The normalized spacial score (nSPS) is 14.0. The fourth-order valence-electron chi connectivity index (χ4n) is 3.66. The van der Waals surface area contributed by atoms with Gasteiger partial charge in [0.25, 0.3) is 0 Å². The van der Waals surface area contributed by atoms with Crippen molar-refractivity contribution in [3.63, 3.8) is 0 Å². The first kappa shape index (κ1) is 18.1. The highest BCUT2D eigenvalue weighted by atomic mass is 16.5. The van der Waals surface area contributed by atoms with Crippen molar-refractivity contribution < 1.29 is 14.6 Å². The molecule has 0 fully saturated rings. The largest absolute Gasteiger partial charge is 0.467 e. The molecular weight excluding hydrogens is 350 g/mol. The number of carbonyl (C=O) groups excluding carboxylic acids is 1. The molecule has 28 heavy (non-hydrogen) atoms. The molecule has 2 atom stereocenters. The Hall–Kier alpha value is -3.24. The lowest BCUT2D eigenvalue weighted by Gasteiger charge is -2.18. The minimum absolute atomic E-state index is 0.320. The molecular formula is C24H21NO3. The summed E-state index contributed by atoms with van der Waals surface area (Å²) in [4.78, 5) is 17.2. The van der Waals surface area contributed by atoms with E-state index in [9.17, 15) is 9.90 Å². The zero-order chi connectivity index (χ0) is 19.5. The van der Waals surface area contributed by atoms with Gasteiger partial charge in [0.05, 0.1) is 18.9 Å². The van der Waals surface area contributed by atoms with Crippen LogP contribution in [0, 0.1) is 0 Å². The van der Waals surface area contributed by atoms with Crippen LogP contribution in [0.5, 0.6) is 0 Å². The van der Waals surface area contributed by atoms with Crippen molar-refractivity contribution in [1.82, 2.24) is 0 Å². The maximum Gasteiger partial charge on any atom is 0.333 e. The summed E-state index contributed by atoms with van der Waals surface area (Å²) in [5, 5.41) is 10.8. The van der Waals surface area contributed by atoms with Gasteiger partial charge in [0.2, 0.25) is 0 Å². The molecule has 140 valence electrons. The van der Waals surface area contributed by atoms with E-state index in [1.165, 1.54) is 7.11 Å². The Morgan fingerprint density at radius 1 is 0.857 bits per heavy atom. The van der Waals surface area contributed by atoms with Gasteiger partial charge in [0.1, 0.15) is 0 Å². The maximum absolute atomic E-state index is 12.5. The predicted molar refractivity (Wildman–Crippen MR) is 109 cm³/mol. The van der Waals surface area contributed by atoms with Crippen molar-refractivity contribution in [2.24, 2.45) is 4.99 Å². The molecule has 0 amide bonds. The van der Waals surface area contributed by atoms with Crippen LogP contribution in [0.4, 0.5) is 0 Å². The summed E-state index contributed by atoms with van der Waals surface area (Å²) in [6.07, 6.45) is -0.664. The minimum Gasteiger partial charge on any atom is -0.467 e. The fraction of sp³-hybridized carbons (Fsp3) is 0.167. The number of esters is 1. The quantitative estimate of drug-likeness (QED) is 0.545. The number of benzene rings is 3. The highest BCUT2D eigenvalue weighted by molar-refractivity contribution is 6.24. The molecule has 0 radical (unpaired) electrons. The second-order valence-corrected chi connectivity index (χ2v) is 6.79. The number of aliphatic imine (C=N–C) groups is 1. The Kier molecular flexibility index (Phi) is 5.04. The van der Waals surface area contributed by atoms with E-state index in [0.29, 0.717) is 12.1 Å². The number of carbonyl (C=O) groups is 1. The molecule has 0 saturated heterocycles. The zero-order valence-corrected chi connectivity index (χ0v) is 15.6. The number of hydrogen-bond acceptors (Lipinski definition) is 4. The van der Waals surface area contributed by atoms with Crippen LogP contribution in [0.1, 0.15) is 16.7 Å². The average molecular weight is 371 g/mol. The molecule has 3 aromatic carbocycles. The fourth-order valence-corrected chi connectivity index (χ4v) is 3.66. The Morgan fingerprint density at radius 3 is 1.89 bits per heavy atom. The Balaban J connectivity index is 1.76. The van der Waals surface area contributed by atoms with Crippen molar-refractivity contribution in [2.45, 2.75) is 18.6 Å². The first-order valence-electron chi connectivity index (χ1n) is 9.26. The van der Waals surface area contributed by atoms with Gasteiger partial charge in [-0.3, -0.25) is 4.99 Å². The first-order chi connectivity index (χ1) is 13.7. The minimum atomic E-state index is -1.00. The van der Waals surface area contributed by atoms with E-state index in [1.54, 1.807) is 0 Å². The molecule has 4 nitrogen and oxygen atoms in total. The maximum atomic E-state index is 12.5. The summed E-state index contributed by atoms with van der Waals surface area (Å²) >= 11 is 0. The van der Waals surface area contributed by atoms with E-state index in [0.717, 1.165) is 27.8 Å². The number of aliphatic hydroxyl groups is 1. The lowest BCUT2D eigenvalue weighted by atomic mass is 10.0. The summed E-state index contributed by atoms with van der Waals surface area (Å²) in [7, 11) is 1.32. The number of methoxy groups -OCH3 is 1. The van der Waals surface area contributed by atoms with E-state index in [1.807, 2.05) is 78.9 Å². The Bertz CT molecular complexity index is 979. The third kappa shape index (κ3) is 3.35. The second kappa shape index (κ2) is 7.79. The van der Waals surface area contributed by atoms with E-state index < -0.39 is 18.1 Å². The first-order valence-corrected chi connectivity index (χ1v) is 9.26. The van der Waals surface area contributed by atoms with Gasteiger partial charge in [0, 0.05) is 17.5 Å². The van der Waals surface area contributed by atoms with Crippen molar-refractivity contribution in [2.75, 3.05) is 7.11 Å². The third-order valence-corrected chi connectivity index (χ3v) is 5.02. The molecule has 0 aliphatic heterocycles. The van der Waals surface area contributed by atoms with E-state index in [-0.39, 0.29) is 0 Å². The van der Waals surface area contributed by atoms with Gasteiger partial charge >= 0.3 is 5.97 Å². The summed E-state index contributed by atoms with van der Waals surface area (Å²) in [6.45, 7) is 0. The molecule has 1 aliphatic rings. The molecule has 0 saturated carbocycles. The van der Waals surface area contributed by atoms with Crippen LogP contribution in [0.2, 0.25) is 0 Å². The molecule has 0 unspecified atom stereocenters. The smallest absolute Gasteiger partial charge is 0.333 e. The van der Waals surface area contributed by atoms with Crippen LogP contribution in [-0.2, 0) is 16.0 Å². The summed E-state index contributed by atoms with van der Waals surface area (Å²) in [6, 6.07) is 24.5. The van der Waals surface area contributed by atoms with Crippen LogP contribution in [0.15, 0.2) is 83.9 Å². The van der Waals surface area contributed by atoms with Crippen LogP contribution < -0.4 is 0 Å². The molecule has 3 aromatic rings. The SMILES string of the molecule is COC(=O)[C@@H](N=C1c2ccccc2-c2ccccc21)[C@@H](O)Cc1ccccc1. The van der Waals surface area contributed by atoms with Gasteiger partial charge in [0.15, 0.2) is 6.04 Å². The molecule has 1 N–H and O–H groups in total. The molecule has 1 aliphatic carbocycles. The average Bonchev–Trinajstić information content (AvgIpc) is 3.06. The zero-order valence-electron chi connectivity index (χ0n) is 15.6. The highest BCUT2D eigenvalue weighted by Crippen LogP contribution is 2.37. The Labute approximate surface area is 164 Å². The van der Waals surface area contributed by atoms with Gasteiger partial charge in [-0.05, 0) is 16.7 Å². The van der Waals surface area contributed by atoms with Crippen LogP contribution in [-0.4, -0.2) is 36.0 Å². The predicted octanol–water partition coefficient (Wildman–Crippen LogP) is 3.65. The third-order valence-electron chi connectivity index (χ3n) is 5.02. The van der Waals surface area contributed by atoms with Gasteiger partial charge in [-0.2, -0.15) is 0 Å². The second-order valence-electron chi connectivity index (χ2n) is 6.79. The lowest BCUT2D eigenvalue weighted by Crippen LogP contribution is -2.36. The van der Waals surface area contributed by atoms with Crippen LogP contribution in [0.3, 0.4) is 0 Å². The lowest BCUT2D eigenvalue weighted by molar-refractivity contribution is -0.144. The number of rotatable bonds is 5. The monoisotopic (exact) mass is 371 g/mol. The summed E-state index contributed by atoms with van der Waals surface area (Å²) < 4.78 is 4.95. The summed E-state index contributed by atoms with van der Waals surface area (Å²) in [5.74, 6) is -0.544. The molecule has 0 aromatic heterocycles. The Morgan fingerprint density at radius 2 is 1.36 bits per heavy atom. The number of fused-ring (bicyclic) bond motifs is 3. The molecule has 0 heterocycles. The molecule has 4 heteroatoms. The topological polar surface area (TPSA) is 58.9 Å². The van der Waals surface area contributed by atoms with E-state index in [4.69, 9.17) is 9.73 Å². The number of aliphatic hydroxyl groups excluding tert-OH is 1. The van der Waals surface area contributed by atoms with Gasteiger partial charge < -0.3 is 9.84 Å². The van der Waals surface area contributed by atoms with Gasteiger partial charge in [-0.1, -0.05) is 78.9 Å². The standard InChI is InChI=1S/C24H21NO3/c1-28-24(27)23(21(26)15-16-9-3-2-4-10-16)25-22-19-13-7-5-11-17(19)18-12-6-8-14-20(18)22/h2-14,21,23,26H,15H2,1H3/t21-,23-/m0/s1. The molecule has 0 bridgehead atoms. The van der Waals surface area contributed by atoms with Crippen LogP contribution in [0.25, 0.3) is 11.1 Å². The van der Waals surface area contributed by atoms with Crippen molar-refractivity contribution in [3.8, 4) is 11.1 Å². The summed E-state index contributed by atoms with van der Waals surface area (Å²) in [5.41, 5.74) is 5.75. The van der Waals surface area contributed by atoms with Crippen molar-refractivity contribution in [3.05, 3.63) is 95.6 Å². The molecule has 4 rings (SSSR count). The van der Waals surface area contributed by atoms with E-state index >= 15 is 0 Å². The number of ether oxygens (including phenoxy) is 1. The van der Waals surface area contributed by atoms with Crippen molar-refractivity contribution >= 4 is 11.7 Å². The number of hydrogen-bond donors (Lipinski definition) is 1. The van der Waals surface area contributed by atoms with E-state index in [2.05, 4.69) is 0 Å². The van der Waals surface area contributed by atoms with Gasteiger partial charge in [-0.25, -0.2) is 4.79 Å². The van der Waals surface area contributed by atoms with Crippen molar-refractivity contribution in [1.29, 1.82) is 0 Å². The van der Waals surface area contributed by atoms with Crippen LogP contribution >= 0.6 is 0 Å².